The molecule has 3 N–H and O–H groups in total. The van der Waals surface area contributed by atoms with Gasteiger partial charge in [0.25, 0.3) is 5.56 Å². The minimum atomic E-state index is -4.77. The molecule has 0 fully saturated rings. The van der Waals surface area contributed by atoms with E-state index in [-0.39, 0.29) is 16.7 Å². The molecule has 200 valence electrons. The van der Waals surface area contributed by atoms with E-state index in [0.29, 0.717) is 16.3 Å². The molecule has 0 radical (unpaired) electrons. The first-order chi connectivity index (χ1) is 18.5. The molecule has 13 heteroatoms. The summed E-state index contributed by atoms with van der Waals surface area (Å²) in [6, 6.07) is 10.2. The number of hydrogen-bond donors (Lipinski definition) is 3. The summed E-state index contributed by atoms with van der Waals surface area (Å²) >= 11 is 1.38. The number of carbonyl (C=O) groups is 1. The van der Waals surface area contributed by atoms with Gasteiger partial charge >= 0.3 is 12.2 Å². The molecule has 3 aromatic heterocycles. The zero-order valence-corrected chi connectivity index (χ0v) is 20.8. The fraction of sp³-hybridized carbons (Fsp3) is 0.115. The van der Waals surface area contributed by atoms with Gasteiger partial charge in [0.2, 0.25) is 0 Å². The van der Waals surface area contributed by atoms with Crippen molar-refractivity contribution in [2.24, 2.45) is 0 Å². The maximum atomic E-state index is 14.9. The minimum Gasteiger partial charge on any atom is -0.373 e. The Morgan fingerprint density at radius 2 is 1.74 bits per heavy atom. The van der Waals surface area contributed by atoms with Gasteiger partial charge < -0.3 is 16.0 Å². The van der Waals surface area contributed by atoms with Crippen molar-refractivity contribution in [1.82, 2.24) is 9.55 Å². The number of anilines is 3. The Morgan fingerprint density at radius 1 is 1.00 bits per heavy atom. The van der Waals surface area contributed by atoms with E-state index >= 15 is 0 Å². The number of alkyl halides is 3. The molecular weight excluding hydrogens is 541 g/mol. The van der Waals surface area contributed by atoms with Crippen LogP contribution < -0.4 is 21.5 Å². The van der Waals surface area contributed by atoms with Crippen LogP contribution in [-0.4, -0.2) is 28.8 Å². The van der Waals surface area contributed by atoms with Gasteiger partial charge in [-0.05, 0) is 18.2 Å². The Hall–Kier alpha value is -4.52. The maximum absolute atomic E-state index is 14.9. The SMILES string of the molecule is CNc1cc2c(cn1)cc(-c1cc(NC(=O)Nc3csc4ccccc34)c(F)cc1F)c(=O)n2CC(F)(F)F. The molecule has 0 saturated heterocycles. The molecule has 0 aliphatic rings. The standard InChI is InChI=1S/C26H18F5N5O2S/c1-32-23-9-21-13(10-33-23)6-16(24(37)36(21)12-26(29,30)31)15-7-19(18(28)8-17(15)27)34-25(38)35-20-11-39-22-5-3-2-4-14(20)22/h2-11H,12H2,1H3,(H,32,33)(H2,34,35,38). The third kappa shape index (κ3) is 5.25. The molecule has 2 aromatic carbocycles. The molecule has 0 saturated carbocycles. The quantitative estimate of drug-likeness (QED) is 0.207. The molecule has 0 aliphatic carbocycles. The third-order valence-corrected chi connectivity index (χ3v) is 6.86. The van der Waals surface area contributed by atoms with Gasteiger partial charge in [0.15, 0.2) is 0 Å². The van der Waals surface area contributed by atoms with Crippen molar-refractivity contribution < 1.29 is 26.7 Å². The molecular formula is C26H18F5N5O2S. The van der Waals surface area contributed by atoms with Crippen molar-refractivity contribution in [2.45, 2.75) is 12.7 Å². The van der Waals surface area contributed by atoms with Crippen molar-refractivity contribution >= 4 is 55.5 Å². The Kier molecular flexibility index (Phi) is 6.68. The largest absolute Gasteiger partial charge is 0.406 e. The number of rotatable bonds is 5. The summed E-state index contributed by atoms with van der Waals surface area (Å²) in [6.07, 6.45) is -3.54. The zero-order chi connectivity index (χ0) is 27.9. The van der Waals surface area contributed by atoms with Gasteiger partial charge in [-0.15, -0.1) is 11.3 Å². The van der Waals surface area contributed by atoms with Gasteiger partial charge in [0.05, 0.1) is 22.5 Å². The fourth-order valence-electron chi connectivity index (χ4n) is 4.14. The van der Waals surface area contributed by atoms with Crippen LogP contribution in [0.1, 0.15) is 0 Å². The minimum absolute atomic E-state index is 0.0799. The average molecular weight is 560 g/mol. The molecule has 0 aliphatic heterocycles. The molecule has 0 unspecified atom stereocenters. The number of hydrogen-bond acceptors (Lipinski definition) is 5. The molecule has 5 rings (SSSR count). The van der Waals surface area contributed by atoms with E-state index in [9.17, 15) is 31.5 Å². The second-order valence-corrected chi connectivity index (χ2v) is 9.39. The first kappa shape index (κ1) is 26.1. The second-order valence-electron chi connectivity index (χ2n) is 8.48. The average Bonchev–Trinajstić information content (AvgIpc) is 3.29. The molecule has 5 aromatic rings. The van der Waals surface area contributed by atoms with Crippen molar-refractivity contribution in [3.05, 3.63) is 82.1 Å². The van der Waals surface area contributed by atoms with E-state index in [4.69, 9.17) is 0 Å². The van der Waals surface area contributed by atoms with Crippen LogP contribution in [0.25, 0.3) is 32.1 Å². The number of amides is 2. The van der Waals surface area contributed by atoms with Crippen LogP contribution in [0.15, 0.2) is 64.9 Å². The Bertz CT molecular complexity index is 1800. The van der Waals surface area contributed by atoms with Crippen LogP contribution in [-0.2, 0) is 6.54 Å². The second kappa shape index (κ2) is 9.98. The number of nitrogens with one attached hydrogen (secondary N) is 3. The molecule has 0 spiro atoms. The van der Waals surface area contributed by atoms with E-state index in [1.807, 2.05) is 12.1 Å². The van der Waals surface area contributed by atoms with Crippen LogP contribution in [0.2, 0.25) is 0 Å². The maximum Gasteiger partial charge on any atom is 0.406 e. The van der Waals surface area contributed by atoms with E-state index in [0.717, 1.165) is 16.2 Å². The molecule has 2 amide bonds. The number of aromatic nitrogens is 2. The number of pyridine rings is 2. The number of fused-ring (bicyclic) bond motifs is 2. The molecule has 0 bridgehead atoms. The summed E-state index contributed by atoms with van der Waals surface area (Å²) in [5.74, 6) is -2.12. The van der Waals surface area contributed by atoms with Crippen molar-refractivity contribution in [1.29, 1.82) is 0 Å². The highest BCUT2D eigenvalue weighted by atomic mass is 32.1. The zero-order valence-electron chi connectivity index (χ0n) is 20.0. The van der Waals surface area contributed by atoms with Crippen LogP contribution in [0.5, 0.6) is 0 Å². The van der Waals surface area contributed by atoms with E-state index < -0.39 is 52.8 Å². The van der Waals surface area contributed by atoms with Gasteiger partial charge in [-0.1, -0.05) is 18.2 Å². The lowest BCUT2D eigenvalue weighted by atomic mass is 10.0. The van der Waals surface area contributed by atoms with Crippen molar-refractivity contribution in [3.8, 4) is 11.1 Å². The van der Waals surface area contributed by atoms with Gasteiger partial charge in [0, 0.05) is 51.8 Å². The predicted molar refractivity (Wildman–Crippen MR) is 141 cm³/mol. The van der Waals surface area contributed by atoms with E-state index in [1.165, 1.54) is 36.7 Å². The summed E-state index contributed by atoms with van der Waals surface area (Å²) in [5, 5.41) is 10.1. The van der Waals surface area contributed by atoms with Gasteiger partial charge in [0.1, 0.15) is 24.0 Å². The lowest BCUT2D eigenvalue weighted by Gasteiger charge is -2.16. The topological polar surface area (TPSA) is 88.1 Å². The van der Waals surface area contributed by atoms with Crippen LogP contribution in [0.4, 0.5) is 43.9 Å². The number of urea groups is 1. The molecule has 3 heterocycles. The van der Waals surface area contributed by atoms with Crippen LogP contribution in [0, 0.1) is 11.6 Å². The predicted octanol–water partition coefficient (Wildman–Crippen LogP) is 6.80. The Morgan fingerprint density at radius 3 is 2.49 bits per heavy atom. The normalized spacial score (nSPS) is 11.6. The fourth-order valence-corrected chi connectivity index (χ4v) is 5.03. The summed E-state index contributed by atoms with van der Waals surface area (Å²) in [7, 11) is 1.51. The smallest absolute Gasteiger partial charge is 0.373 e. The Labute approximate surface area is 220 Å². The Balaban J connectivity index is 1.56. The van der Waals surface area contributed by atoms with Gasteiger partial charge in [-0.3, -0.25) is 9.36 Å². The van der Waals surface area contributed by atoms with Crippen molar-refractivity contribution in [3.63, 3.8) is 0 Å². The number of carbonyl (C=O) groups excluding carboxylic acids is 1. The van der Waals surface area contributed by atoms with Gasteiger partial charge in [-0.2, -0.15) is 13.2 Å². The lowest BCUT2D eigenvalue weighted by Crippen LogP contribution is -2.29. The number of thiophene rings is 1. The highest BCUT2D eigenvalue weighted by molar-refractivity contribution is 7.17. The molecule has 39 heavy (non-hydrogen) atoms. The van der Waals surface area contributed by atoms with E-state index in [2.05, 4.69) is 20.9 Å². The summed E-state index contributed by atoms with van der Waals surface area (Å²) in [5.41, 5.74) is -2.20. The van der Waals surface area contributed by atoms with Crippen molar-refractivity contribution in [2.75, 3.05) is 23.0 Å². The van der Waals surface area contributed by atoms with E-state index in [1.54, 1.807) is 17.5 Å². The van der Waals surface area contributed by atoms with Crippen LogP contribution in [0.3, 0.4) is 0 Å². The number of benzene rings is 2. The number of nitrogens with zero attached hydrogens (tertiary/aromatic N) is 2. The number of halogens is 5. The first-order valence-corrected chi connectivity index (χ1v) is 12.2. The highest BCUT2D eigenvalue weighted by Gasteiger charge is 2.30. The summed E-state index contributed by atoms with van der Waals surface area (Å²) in [6.45, 7) is -1.64. The summed E-state index contributed by atoms with van der Waals surface area (Å²) < 4.78 is 71.1. The monoisotopic (exact) mass is 559 g/mol. The third-order valence-electron chi connectivity index (χ3n) is 5.90. The van der Waals surface area contributed by atoms with Gasteiger partial charge in [-0.25, -0.2) is 18.6 Å². The lowest BCUT2D eigenvalue weighted by molar-refractivity contribution is -0.140. The molecule has 0 atom stereocenters. The summed E-state index contributed by atoms with van der Waals surface area (Å²) in [4.78, 5) is 29.9. The van der Waals surface area contributed by atoms with Crippen LogP contribution >= 0.6 is 11.3 Å². The highest BCUT2D eigenvalue weighted by Crippen LogP contribution is 2.32. The molecule has 7 nitrogen and oxygen atoms in total. The first-order valence-electron chi connectivity index (χ1n) is 11.4.